The number of carbonyl (C=O) groups is 4. The summed E-state index contributed by atoms with van der Waals surface area (Å²) in [5, 5.41) is 23.7. The van der Waals surface area contributed by atoms with Crippen LogP contribution in [0.3, 0.4) is 0 Å². The van der Waals surface area contributed by atoms with Crippen LogP contribution in [0.1, 0.15) is 66.0 Å². The lowest BCUT2D eigenvalue weighted by molar-refractivity contribution is -0.140. The molecule has 4 aromatic rings. The zero-order chi connectivity index (χ0) is 37.6. The molecule has 2 aliphatic heterocycles. The number of hydrogen-bond acceptors (Lipinski definition) is 8. The molecule has 0 saturated carbocycles. The summed E-state index contributed by atoms with van der Waals surface area (Å²) < 4.78 is 47.1. The van der Waals surface area contributed by atoms with Crippen LogP contribution >= 0.6 is 0 Å². The molecule has 3 atom stereocenters. The number of halogens is 3. The number of benzene rings is 3. The average Bonchev–Trinajstić information content (AvgIpc) is 3.06. The number of nitrogens with zero attached hydrogens (tertiary/aromatic N) is 2. The number of aryl methyl sites for hydroxylation is 1. The second kappa shape index (κ2) is 16.2. The van der Waals surface area contributed by atoms with Gasteiger partial charge in [0.15, 0.2) is 0 Å². The number of fused-ring (bicyclic) bond motifs is 10. The summed E-state index contributed by atoms with van der Waals surface area (Å²) in [6.45, 7) is 4.69. The van der Waals surface area contributed by atoms with E-state index in [1.165, 1.54) is 36.2 Å². The lowest BCUT2D eigenvalue weighted by Gasteiger charge is -2.28. The van der Waals surface area contributed by atoms with Gasteiger partial charge in [-0.1, -0.05) is 31.2 Å². The number of carboxylic acid groups (broad SMARTS) is 2. The molecule has 0 fully saturated rings. The molecule has 6 rings (SSSR count). The first kappa shape index (κ1) is 38.0. The summed E-state index contributed by atoms with van der Waals surface area (Å²) in [6.07, 6.45) is -3.58. The molecule has 0 radical (unpaired) electrons. The Morgan fingerprint density at radius 3 is 2.45 bits per heavy atom. The number of alkyl halides is 2. The van der Waals surface area contributed by atoms with Crippen molar-refractivity contribution in [1.82, 2.24) is 9.88 Å². The van der Waals surface area contributed by atoms with E-state index < -0.39 is 54.6 Å². The van der Waals surface area contributed by atoms with Crippen LogP contribution in [0, 0.1) is 12.7 Å². The minimum atomic E-state index is -2.90. The van der Waals surface area contributed by atoms with Crippen LogP contribution in [0.5, 0.6) is 0 Å². The molecule has 270 valence electrons. The van der Waals surface area contributed by atoms with Gasteiger partial charge in [0.25, 0.3) is 5.97 Å². The van der Waals surface area contributed by atoms with Gasteiger partial charge >= 0.3 is 12.1 Å². The second-order valence-corrected chi connectivity index (χ2v) is 12.2. The molecule has 4 bridgehead atoms. The van der Waals surface area contributed by atoms with Crippen molar-refractivity contribution in [2.75, 3.05) is 30.0 Å². The number of carboxylic acids is 2. The highest BCUT2D eigenvalue weighted by molar-refractivity contribution is 5.94. The van der Waals surface area contributed by atoms with E-state index in [0.29, 0.717) is 16.6 Å². The van der Waals surface area contributed by atoms with Crippen molar-refractivity contribution in [2.24, 2.45) is 0 Å². The van der Waals surface area contributed by atoms with Crippen molar-refractivity contribution in [3.63, 3.8) is 0 Å². The Morgan fingerprint density at radius 1 is 1.10 bits per heavy atom. The maximum Gasteiger partial charge on any atom is 0.411 e. The van der Waals surface area contributed by atoms with Crippen molar-refractivity contribution in [1.29, 1.82) is 0 Å². The van der Waals surface area contributed by atoms with Gasteiger partial charge in [-0.05, 0) is 65.1 Å². The topological polar surface area (TPSA) is 184 Å². The first-order valence-electron chi connectivity index (χ1n) is 15.8. The quantitative estimate of drug-likeness (QED) is 0.145. The zero-order valence-corrected chi connectivity index (χ0v) is 28.2. The minimum absolute atomic E-state index is 0.0381. The molecule has 15 heteroatoms. The maximum absolute atomic E-state index is 14.7. The molecule has 2 amide bonds. The number of aliphatic carboxylic acids is 2. The lowest BCUT2D eigenvalue weighted by Crippen LogP contribution is -2.35. The second-order valence-electron chi connectivity index (χ2n) is 12.2. The van der Waals surface area contributed by atoms with E-state index in [1.807, 2.05) is 26.0 Å². The van der Waals surface area contributed by atoms with E-state index >= 15 is 0 Å². The van der Waals surface area contributed by atoms with Crippen molar-refractivity contribution < 1.29 is 47.3 Å². The fourth-order valence-electron chi connectivity index (χ4n) is 5.90. The predicted octanol–water partition coefficient (Wildman–Crippen LogP) is 6.66. The summed E-state index contributed by atoms with van der Waals surface area (Å²) in [5.41, 5.74) is 9.21. The Kier molecular flexibility index (Phi) is 12.1. The predicted molar refractivity (Wildman–Crippen MR) is 184 cm³/mol. The molecule has 0 spiro atoms. The van der Waals surface area contributed by atoms with Crippen LogP contribution in [0.2, 0.25) is 0 Å². The van der Waals surface area contributed by atoms with E-state index in [2.05, 4.69) is 15.6 Å². The van der Waals surface area contributed by atoms with E-state index in [-0.39, 0.29) is 47.1 Å². The number of nitrogen functional groups attached to an aromatic ring is 1. The number of nitrogens with two attached hydrogens (primary N) is 1. The SMILES string of the molecule is CC(=O)O.Cc1cc2ccc1[C@@H](C)COC(=O)Nc1ccc([C@@H](CC(F)F)C(=O)O)c(c1)CN(C)C(=O)[C@@H]2Nc1ccc2c(N)ncc(F)c2c1. The Bertz CT molecular complexity index is 1950. The number of hydrogen-bond donors (Lipinski definition) is 5. The number of pyridine rings is 1. The number of aromatic nitrogens is 1. The van der Waals surface area contributed by atoms with Gasteiger partial charge in [0.05, 0.1) is 18.7 Å². The Morgan fingerprint density at radius 2 is 1.80 bits per heavy atom. The number of amides is 2. The summed E-state index contributed by atoms with van der Waals surface area (Å²) in [7, 11) is 1.50. The van der Waals surface area contributed by atoms with Crippen LogP contribution in [0.4, 0.5) is 35.2 Å². The molecule has 1 aromatic heterocycles. The van der Waals surface area contributed by atoms with Crippen LogP contribution in [-0.2, 0) is 25.7 Å². The largest absolute Gasteiger partial charge is 0.481 e. The van der Waals surface area contributed by atoms with Gasteiger partial charge in [-0.15, -0.1) is 0 Å². The molecule has 0 unspecified atom stereocenters. The highest BCUT2D eigenvalue weighted by Gasteiger charge is 2.30. The lowest BCUT2D eigenvalue weighted by atomic mass is 9.90. The van der Waals surface area contributed by atoms with Gasteiger partial charge in [0.2, 0.25) is 12.3 Å². The van der Waals surface area contributed by atoms with Crippen LogP contribution < -0.4 is 16.4 Å². The first-order chi connectivity index (χ1) is 24.0. The van der Waals surface area contributed by atoms with Gasteiger partial charge in [-0.25, -0.2) is 22.9 Å². The van der Waals surface area contributed by atoms with Crippen molar-refractivity contribution in [3.8, 4) is 0 Å². The summed E-state index contributed by atoms with van der Waals surface area (Å²) in [4.78, 5) is 53.2. The van der Waals surface area contributed by atoms with Crippen LogP contribution in [-0.4, -0.2) is 64.1 Å². The first-order valence-corrected chi connectivity index (χ1v) is 15.8. The Hall–Kier alpha value is -5.86. The molecule has 0 saturated heterocycles. The van der Waals surface area contributed by atoms with Gasteiger partial charge in [-0.2, -0.15) is 0 Å². The van der Waals surface area contributed by atoms with Gasteiger partial charge < -0.3 is 30.9 Å². The number of carbonyl (C=O) groups excluding carboxylic acids is 2. The molecular weight excluding hydrogens is 671 g/mol. The molecule has 12 nitrogen and oxygen atoms in total. The number of ether oxygens (including phenoxy) is 1. The fraction of sp³-hybridized carbons (Fsp3) is 0.306. The summed E-state index contributed by atoms with van der Waals surface area (Å²) in [5.74, 6) is -4.95. The van der Waals surface area contributed by atoms with Crippen molar-refractivity contribution in [2.45, 2.75) is 58.0 Å². The molecular formula is C36H38F3N5O7. The highest BCUT2D eigenvalue weighted by atomic mass is 19.3. The average molecular weight is 710 g/mol. The number of rotatable bonds is 6. The molecule has 0 aliphatic carbocycles. The molecule has 6 N–H and O–H groups in total. The normalized spacial score (nSPS) is 16.9. The number of anilines is 3. The van der Waals surface area contributed by atoms with Crippen molar-refractivity contribution >= 4 is 51.9 Å². The summed E-state index contributed by atoms with van der Waals surface area (Å²) in [6, 6.07) is 13.4. The smallest absolute Gasteiger partial charge is 0.411 e. The monoisotopic (exact) mass is 709 g/mol. The number of likely N-dealkylation sites (N-methyl/N-ethyl adjacent to an activating group) is 1. The van der Waals surface area contributed by atoms with Gasteiger partial charge in [0, 0.05) is 55.0 Å². The molecule has 51 heavy (non-hydrogen) atoms. The molecule has 2 aliphatic rings. The zero-order valence-electron chi connectivity index (χ0n) is 28.2. The fourth-order valence-corrected chi connectivity index (χ4v) is 5.90. The van der Waals surface area contributed by atoms with E-state index in [9.17, 15) is 32.7 Å². The highest BCUT2D eigenvalue weighted by Crippen LogP contribution is 2.33. The van der Waals surface area contributed by atoms with Crippen LogP contribution in [0.15, 0.2) is 60.8 Å². The Labute approximate surface area is 291 Å². The van der Waals surface area contributed by atoms with E-state index in [0.717, 1.165) is 24.2 Å². The van der Waals surface area contributed by atoms with Crippen molar-refractivity contribution in [3.05, 3.63) is 94.4 Å². The molecule has 3 heterocycles. The Balaban J connectivity index is 0.00000138. The van der Waals surface area contributed by atoms with E-state index in [1.54, 1.807) is 18.2 Å². The van der Waals surface area contributed by atoms with Gasteiger partial charge in [-0.3, -0.25) is 19.7 Å². The number of nitrogens with one attached hydrogen (secondary N) is 2. The third kappa shape index (κ3) is 9.44. The van der Waals surface area contributed by atoms with Crippen LogP contribution in [0.25, 0.3) is 10.8 Å². The van der Waals surface area contributed by atoms with E-state index in [4.69, 9.17) is 20.4 Å². The molecule has 3 aromatic carbocycles. The standard InChI is InChI=1S/C34H34F3N5O5.C2H4O2/c1-17-10-19-4-7-23(17)18(2)16-47-34(46)41-21-5-8-24(27(33(44)45)13-29(36)37)20(11-21)15-42(3)32(43)30(19)40-22-6-9-25-26(12-22)28(35)14-39-31(25)38;1-2(3)4/h4-12,14,18,27,29-30,40H,13,15-16H2,1-3H3,(H2,38,39)(H,41,46)(H,44,45);1H3,(H,3,4)/t18-,27+,30+;/m0./s1. The minimum Gasteiger partial charge on any atom is -0.481 e. The summed E-state index contributed by atoms with van der Waals surface area (Å²) >= 11 is 0. The van der Waals surface area contributed by atoms with Gasteiger partial charge in [0.1, 0.15) is 17.7 Å². The maximum atomic E-state index is 14.7. The third-order valence-corrected chi connectivity index (χ3v) is 8.31. The third-order valence-electron chi connectivity index (χ3n) is 8.31.